The highest BCUT2D eigenvalue weighted by Gasteiger charge is 2.23. The number of fused-ring (bicyclic) bond motifs is 1. The third-order valence-corrected chi connectivity index (χ3v) is 6.71. The van der Waals surface area contributed by atoms with Crippen LogP contribution < -0.4 is 10.4 Å². The van der Waals surface area contributed by atoms with E-state index in [0.717, 1.165) is 28.7 Å². The van der Waals surface area contributed by atoms with Gasteiger partial charge in [0, 0.05) is 49.5 Å². The van der Waals surface area contributed by atoms with E-state index in [2.05, 4.69) is 26.4 Å². The van der Waals surface area contributed by atoms with Gasteiger partial charge in [0.25, 0.3) is 0 Å². The van der Waals surface area contributed by atoms with Gasteiger partial charge in [-0.1, -0.05) is 12.1 Å². The second-order valence-corrected chi connectivity index (χ2v) is 9.73. The molecule has 0 atom stereocenters. The molecule has 2 aromatic heterocycles. The lowest BCUT2D eigenvalue weighted by Crippen LogP contribution is -2.47. The smallest absolute Gasteiger partial charge is 0.232 e. The monoisotopic (exact) mass is 442 g/mol. The summed E-state index contributed by atoms with van der Waals surface area (Å²) in [6.07, 6.45) is 3.67. The minimum Gasteiger partial charge on any atom is -0.356 e. The summed E-state index contributed by atoms with van der Waals surface area (Å²) in [5, 5.41) is 2.43. The van der Waals surface area contributed by atoms with Crippen LogP contribution in [0.3, 0.4) is 0 Å². The molecular formula is C21H26N6O3S. The van der Waals surface area contributed by atoms with E-state index in [4.69, 9.17) is 0 Å². The van der Waals surface area contributed by atoms with Gasteiger partial charge < -0.3 is 4.98 Å². The normalized spacial score (nSPS) is 15.8. The number of sulfonamides is 1. The zero-order chi connectivity index (χ0) is 22.0. The van der Waals surface area contributed by atoms with Crippen LogP contribution in [-0.4, -0.2) is 66.4 Å². The van der Waals surface area contributed by atoms with Gasteiger partial charge in [-0.3, -0.25) is 20.1 Å². The largest absolute Gasteiger partial charge is 0.356 e. The molecule has 1 aromatic carbocycles. The molecule has 1 saturated heterocycles. The predicted octanol–water partition coefficient (Wildman–Crippen LogP) is 1.94. The number of hydrogen-bond acceptors (Lipinski definition) is 6. The fourth-order valence-corrected chi connectivity index (χ4v) is 4.59. The van der Waals surface area contributed by atoms with Gasteiger partial charge in [-0.15, -0.1) is 0 Å². The number of pyridine rings is 1. The van der Waals surface area contributed by atoms with Crippen LogP contribution in [0, 0.1) is 6.92 Å². The van der Waals surface area contributed by atoms with Crippen molar-refractivity contribution in [3.63, 3.8) is 0 Å². The number of aryl methyl sites for hydroxylation is 1. The molecule has 0 aliphatic carbocycles. The van der Waals surface area contributed by atoms with Gasteiger partial charge in [-0.25, -0.2) is 13.4 Å². The molecule has 164 valence electrons. The average molecular weight is 443 g/mol. The maximum atomic E-state index is 11.8. The van der Waals surface area contributed by atoms with Gasteiger partial charge in [-0.2, -0.15) is 4.31 Å². The number of aromatic amines is 1. The van der Waals surface area contributed by atoms with Crippen molar-refractivity contribution in [1.29, 1.82) is 0 Å². The molecule has 4 rings (SSSR count). The molecule has 0 unspecified atom stereocenters. The zero-order valence-corrected chi connectivity index (χ0v) is 18.4. The first-order valence-electron chi connectivity index (χ1n) is 10.1. The summed E-state index contributed by atoms with van der Waals surface area (Å²) in [6.45, 7) is 4.94. The van der Waals surface area contributed by atoms with E-state index < -0.39 is 10.0 Å². The maximum Gasteiger partial charge on any atom is 0.232 e. The van der Waals surface area contributed by atoms with Crippen LogP contribution in [0.2, 0.25) is 0 Å². The van der Waals surface area contributed by atoms with Crippen molar-refractivity contribution in [3.05, 3.63) is 54.0 Å². The molecule has 2 N–H and O–H groups in total. The van der Waals surface area contributed by atoms with Crippen molar-refractivity contribution in [2.24, 2.45) is 0 Å². The Morgan fingerprint density at radius 1 is 1.19 bits per heavy atom. The molecule has 1 fully saturated rings. The molecule has 1 aliphatic heterocycles. The number of aromatic nitrogens is 2. The van der Waals surface area contributed by atoms with Gasteiger partial charge in [0.1, 0.15) is 0 Å². The number of benzene rings is 1. The van der Waals surface area contributed by atoms with Crippen molar-refractivity contribution in [2.75, 3.05) is 42.9 Å². The Hall–Kier alpha value is -2.95. The van der Waals surface area contributed by atoms with Crippen LogP contribution in [0.1, 0.15) is 11.4 Å². The standard InChI is InChI=1S/C21H26N6O3S/c1-16-6-7-18(13-22-16)24-27(15-28)20-5-3-4-17-12-19(23-21(17)20)14-25-8-10-26(11-9-25)31(2,29)30/h3-7,12-13,15,23-24H,8-11,14H2,1-2H3. The number of carbonyl (C=O) groups is 1. The lowest BCUT2D eigenvalue weighted by atomic mass is 10.2. The number of hydrogen-bond donors (Lipinski definition) is 2. The molecule has 0 saturated carbocycles. The molecule has 0 radical (unpaired) electrons. The molecule has 9 nitrogen and oxygen atoms in total. The number of piperazine rings is 1. The molecular weight excluding hydrogens is 416 g/mol. The van der Waals surface area contributed by atoms with Gasteiger partial charge >= 0.3 is 0 Å². The highest BCUT2D eigenvalue weighted by Crippen LogP contribution is 2.27. The summed E-state index contributed by atoms with van der Waals surface area (Å²) in [4.78, 5) is 21.7. The summed E-state index contributed by atoms with van der Waals surface area (Å²) in [7, 11) is -3.14. The fourth-order valence-electron chi connectivity index (χ4n) is 3.76. The molecule has 0 spiro atoms. The number of para-hydroxylation sites is 1. The van der Waals surface area contributed by atoms with Crippen LogP contribution in [-0.2, 0) is 21.4 Å². The highest BCUT2D eigenvalue weighted by molar-refractivity contribution is 7.88. The van der Waals surface area contributed by atoms with E-state index >= 15 is 0 Å². The van der Waals surface area contributed by atoms with Crippen LogP contribution in [0.4, 0.5) is 11.4 Å². The van der Waals surface area contributed by atoms with E-state index in [-0.39, 0.29) is 0 Å². The Morgan fingerprint density at radius 2 is 1.97 bits per heavy atom. The topological polar surface area (TPSA) is 102 Å². The first-order valence-corrected chi connectivity index (χ1v) is 11.9. The lowest BCUT2D eigenvalue weighted by Gasteiger charge is -2.32. The average Bonchev–Trinajstić information content (AvgIpc) is 3.15. The third kappa shape index (κ3) is 4.87. The predicted molar refractivity (Wildman–Crippen MR) is 121 cm³/mol. The molecule has 31 heavy (non-hydrogen) atoms. The van der Waals surface area contributed by atoms with Gasteiger partial charge in [-0.05, 0) is 31.2 Å². The number of amides is 1. The van der Waals surface area contributed by atoms with Gasteiger partial charge in [0.2, 0.25) is 16.4 Å². The Bertz CT molecular complexity index is 1170. The highest BCUT2D eigenvalue weighted by atomic mass is 32.2. The van der Waals surface area contributed by atoms with E-state index in [1.165, 1.54) is 15.6 Å². The maximum absolute atomic E-state index is 11.8. The number of carbonyl (C=O) groups excluding carboxylic acids is 1. The quantitative estimate of drug-likeness (QED) is 0.428. The Labute approximate surface area is 181 Å². The minimum absolute atomic E-state index is 0.498. The second-order valence-electron chi connectivity index (χ2n) is 7.75. The SMILES string of the molecule is Cc1ccc(NN(C=O)c2cccc3cc(CN4CCN(S(C)(=O)=O)CC4)[nH]c23)cn1. The molecule has 10 heteroatoms. The first-order chi connectivity index (χ1) is 14.8. The molecule has 1 aliphatic rings. The number of H-pyrrole nitrogens is 1. The van der Waals surface area contributed by atoms with Crippen LogP contribution in [0.5, 0.6) is 0 Å². The van der Waals surface area contributed by atoms with Crippen molar-refractivity contribution in [1.82, 2.24) is 19.2 Å². The third-order valence-electron chi connectivity index (χ3n) is 5.41. The lowest BCUT2D eigenvalue weighted by molar-refractivity contribution is -0.107. The number of nitrogens with one attached hydrogen (secondary N) is 2. The van der Waals surface area contributed by atoms with Crippen molar-refractivity contribution >= 4 is 38.7 Å². The molecule has 3 heterocycles. The van der Waals surface area contributed by atoms with Crippen LogP contribution in [0.15, 0.2) is 42.6 Å². The minimum atomic E-state index is -3.14. The Balaban J connectivity index is 1.51. The van der Waals surface area contributed by atoms with Crippen LogP contribution in [0.25, 0.3) is 10.9 Å². The summed E-state index contributed by atoms with van der Waals surface area (Å²) in [5.74, 6) is 0. The van der Waals surface area contributed by atoms with Crippen molar-refractivity contribution in [2.45, 2.75) is 13.5 Å². The van der Waals surface area contributed by atoms with Crippen molar-refractivity contribution < 1.29 is 13.2 Å². The molecule has 3 aromatic rings. The second kappa shape index (κ2) is 8.66. The number of rotatable bonds is 7. The molecule has 0 bridgehead atoms. The first kappa shape index (κ1) is 21.3. The van der Waals surface area contributed by atoms with Gasteiger partial charge in [0.05, 0.1) is 29.3 Å². The summed E-state index contributed by atoms with van der Waals surface area (Å²) in [6, 6.07) is 11.6. The van der Waals surface area contributed by atoms with Crippen molar-refractivity contribution in [3.8, 4) is 0 Å². The van der Waals surface area contributed by atoms with Gasteiger partial charge in [0.15, 0.2) is 0 Å². The molecule has 1 amide bonds. The van der Waals surface area contributed by atoms with E-state index in [1.807, 2.05) is 37.3 Å². The Morgan fingerprint density at radius 3 is 2.61 bits per heavy atom. The summed E-state index contributed by atoms with van der Waals surface area (Å²) in [5.41, 5.74) is 7.27. The summed E-state index contributed by atoms with van der Waals surface area (Å²) < 4.78 is 24.9. The zero-order valence-electron chi connectivity index (χ0n) is 17.6. The van der Waals surface area contributed by atoms with E-state index in [9.17, 15) is 13.2 Å². The van der Waals surface area contributed by atoms with E-state index in [0.29, 0.717) is 44.1 Å². The Kier molecular flexibility index (Phi) is 5.94. The number of nitrogens with zero attached hydrogens (tertiary/aromatic N) is 4. The van der Waals surface area contributed by atoms with E-state index in [1.54, 1.807) is 6.20 Å². The fraction of sp³-hybridized carbons (Fsp3) is 0.333. The van der Waals surface area contributed by atoms with Crippen LogP contribution >= 0.6 is 0 Å². The summed E-state index contributed by atoms with van der Waals surface area (Å²) >= 11 is 0. The number of anilines is 2. The number of hydrazine groups is 1.